The molecule has 1 atom stereocenters. The molecule has 1 heterocycles. The Hall–Kier alpha value is -1.40. The summed E-state index contributed by atoms with van der Waals surface area (Å²) >= 11 is 1.41. The molecule has 0 spiro atoms. The van der Waals surface area contributed by atoms with E-state index >= 15 is 0 Å². The first-order valence-corrected chi connectivity index (χ1v) is 7.66. The maximum absolute atomic E-state index is 12.5. The van der Waals surface area contributed by atoms with Crippen molar-refractivity contribution in [2.75, 3.05) is 6.54 Å². The van der Waals surface area contributed by atoms with Crippen LogP contribution in [0.25, 0.3) is 11.3 Å². The molecule has 0 saturated carbocycles. The largest absolute Gasteiger partial charge is 0.390 e. The normalized spacial score (nSPS) is 13.3. The molecule has 1 N–H and O–H groups in total. The van der Waals surface area contributed by atoms with Crippen LogP contribution in [0.5, 0.6) is 0 Å². The number of benzene rings is 1. The van der Waals surface area contributed by atoms with Crippen LogP contribution in [0.4, 0.5) is 13.2 Å². The van der Waals surface area contributed by atoms with Crippen LogP contribution in [0.1, 0.15) is 18.4 Å². The second kappa shape index (κ2) is 7.04. The minimum absolute atomic E-state index is 0.296. The number of nitrogens with zero attached hydrogens (tertiary/aromatic N) is 1. The van der Waals surface area contributed by atoms with Gasteiger partial charge in [-0.25, -0.2) is 4.98 Å². The Morgan fingerprint density at radius 2 is 1.95 bits per heavy atom. The number of halogens is 3. The third-order valence-corrected chi connectivity index (χ3v) is 3.88. The van der Waals surface area contributed by atoms with Crippen LogP contribution in [0.15, 0.2) is 35.7 Å². The van der Waals surface area contributed by atoms with Gasteiger partial charge in [-0.15, -0.1) is 11.3 Å². The number of likely N-dealkylation sites (N-methyl/N-ethyl adjacent to an activating group) is 1. The fourth-order valence-corrected chi connectivity index (χ4v) is 3.03. The van der Waals surface area contributed by atoms with E-state index in [9.17, 15) is 13.2 Å². The summed E-state index contributed by atoms with van der Waals surface area (Å²) in [7, 11) is 0. The predicted molar refractivity (Wildman–Crippen MR) is 79.4 cm³/mol. The van der Waals surface area contributed by atoms with E-state index in [2.05, 4.69) is 10.3 Å². The van der Waals surface area contributed by atoms with Gasteiger partial charge in [-0.2, -0.15) is 13.2 Å². The van der Waals surface area contributed by atoms with Crippen molar-refractivity contribution in [1.82, 2.24) is 10.3 Å². The lowest BCUT2D eigenvalue weighted by Crippen LogP contribution is -2.35. The average molecular weight is 314 g/mol. The van der Waals surface area contributed by atoms with Gasteiger partial charge in [0.2, 0.25) is 0 Å². The van der Waals surface area contributed by atoms with Gasteiger partial charge in [-0.05, 0) is 6.54 Å². The first kappa shape index (κ1) is 16.0. The lowest BCUT2D eigenvalue weighted by Gasteiger charge is -2.18. The van der Waals surface area contributed by atoms with Crippen molar-refractivity contribution in [3.05, 3.63) is 40.7 Å². The van der Waals surface area contributed by atoms with Crippen molar-refractivity contribution >= 4 is 11.3 Å². The Bertz CT molecular complexity index is 552. The van der Waals surface area contributed by atoms with E-state index in [1.165, 1.54) is 11.3 Å². The molecule has 1 aromatic heterocycles. The SMILES string of the molecule is CCNC(Cc1nc(-c2ccccc2)cs1)CC(F)(F)F. The van der Waals surface area contributed by atoms with Crippen LogP contribution in [0.3, 0.4) is 0 Å². The molecule has 0 radical (unpaired) electrons. The lowest BCUT2D eigenvalue weighted by molar-refractivity contribution is -0.139. The van der Waals surface area contributed by atoms with Crippen molar-refractivity contribution in [2.24, 2.45) is 0 Å². The van der Waals surface area contributed by atoms with Gasteiger partial charge in [0.05, 0.1) is 17.1 Å². The van der Waals surface area contributed by atoms with Crippen molar-refractivity contribution in [3.63, 3.8) is 0 Å². The van der Waals surface area contributed by atoms with Crippen LogP contribution < -0.4 is 5.32 Å². The van der Waals surface area contributed by atoms with Crippen LogP contribution in [-0.4, -0.2) is 23.7 Å². The quantitative estimate of drug-likeness (QED) is 0.860. The number of aromatic nitrogens is 1. The second-order valence-electron chi connectivity index (χ2n) is 4.77. The summed E-state index contributed by atoms with van der Waals surface area (Å²) in [4.78, 5) is 4.44. The summed E-state index contributed by atoms with van der Waals surface area (Å²) in [6, 6.07) is 9.01. The summed E-state index contributed by atoms with van der Waals surface area (Å²) < 4.78 is 37.6. The van der Waals surface area contributed by atoms with E-state index in [1.807, 2.05) is 35.7 Å². The topological polar surface area (TPSA) is 24.9 Å². The van der Waals surface area contributed by atoms with Crippen LogP contribution >= 0.6 is 11.3 Å². The Morgan fingerprint density at radius 1 is 1.24 bits per heavy atom. The number of hydrogen-bond acceptors (Lipinski definition) is 3. The molecule has 114 valence electrons. The van der Waals surface area contributed by atoms with Crippen molar-refractivity contribution in [3.8, 4) is 11.3 Å². The first-order valence-electron chi connectivity index (χ1n) is 6.78. The Balaban J connectivity index is 2.06. The van der Waals surface area contributed by atoms with Gasteiger partial charge < -0.3 is 5.32 Å². The highest BCUT2D eigenvalue weighted by Gasteiger charge is 2.32. The van der Waals surface area contributed by atoms with Crippen molar-refractivity contribution in [1.29, 1.82) is 0 Å². The highest BCUT2D eigenvalue weighted by Crippen LogP contribution is 2.26. The Morgan fingerprint density at radius 3 is 2.57 bits per heavy atom. The van der Waals surface area contributed by atoms with Gasteiger partial charge in [0.25, 0.3) is 0 Å². The molecule has 0 aliphatic rings. The standard InChI is InChI=1S/C15H17F3N2S/c1-2-19-12(9-15(16,17)18)8-14-20-13(10-21-14)11-6-4-3-5-7-11/h3-7,10,12,19H,2,8-9H2,1H3. The molecule has 2 nitrogen and oxygen atoms in total. The van der Waals surface area contributed by atoms with Crippen molar-refractivity contribution < 1.29 is 13.2 Å². The van der Waals surface area contributed by atoms with E-state index in [4.69, 9.17) is 0 Å². The van der Waals surface area contributed by atoms with E-state index in [-0.39, 0.29) is 0 Å². The zero-order valence-electron chi connectivity index (χ0n) is 11.7. The molecule has 6 heteroatoms. The second-order valence-corrected chi connectivity index (χ2v) is 5.71. The number of nitrogens with one attached hydrogen (secondary N) is 1. The molecule has 2 rings (SSSR count). The summed E-state index contributed by atoms with van der Waals surface area (Å²) in [5, 5.41) is 5.50. The van der Waals surface area contributed by atoms with Gasteiger partial charge in [0, 0.05) is 23.4 Å². The van der Waals surface area contributed by atoms with E-state index in [0.717, 1.165) is 16.3 Å². The molecule has 0 saturated heterocycles. The molecule has 1 unspecified atom stereocenters. The molecule has 0 bridgehead atoms. The third-order valence-electron chi connectivity index (χ3n) is 3.01. The fraction of sp³-hybridized carbons (Fsp3) is 0.400. The number of thiazole rings is 1. The molecule has 0 amide bonds. The fourth-order valence-electron chi connectivity index (χ4n) is 2.14. The van der Waals surface area contributed by atoms with E-state index in [1.54, 1.807) is 6.92 Å². The average Bonchev–Trinajstić information content (AvgIpc) is 2.87. The molecule has 2 aromatic rings. The molecule has 0 aliphatic carbocycles. The summed E-state index contributed by atoms with van der Waals surface area (Å²) in [6.07, 6.45) is -4.70. The van der Waals surface area contributed by atoms with E-state index < -0.39 is 18.6 Å². The van der Waals surface area contributed by atoms with Gasteiger partial charge in [-0.1, -0.05) is 37.3 Å². The van der Waals surface area contributed by atoms with Gasteiger partial charge >= 0.3 is 6.18 Å². The molecular formula is C15H17F3N2S. The van der Waals surface area contributed by atoms with Crippen LogP contribution in [0.2, 0.25) is 0 Å². The summed E-state index contributed by atoms with van der Waals surface area (Å²) in [6.45, 7) is 2.32. The first-order chi connectivity index (χ1) is 9.98. The zero-order valence-corrected chi connectivity index (χ0v) is 12.5. The van der Waals surface area contributed by atoms with E-state index in [0.29, 0.717) is 13.0 Å². The molecule has 1 aromatic carbocycles. The highest BCUT2D eigenvalue weighted by molar-refractivity contribution is 7.09. The molecule has 0 aliphatic heterocycles. The third kappa shape index (κ3) is 5.13. The number of rotatable bonds is 6. The number of alkyl halides is 3. The summed E-state index contributed by atoms with van der Waals surface area (Å²) in [5.74, 6) is 0. The maximum atomic E-state index is 12.5. The maximum Gasteiger partial charge on any atom is 0.390 e. The van der Waals surface area contributed by atoms with Crippen molar-refractivity contribution in [2.45, 2.75) is 32.0 Å². The van der Waals surface area contributed by atoms with Gasteiger partial charge in [0.1, 0.15) is 0 Å². The van der Waals surface area contributed by atoms with Crippen LogP contribution in [0, 0.1) is 0 Å². The monoisotopic (exact) mass is 314 g/mol. The lowest BCUT2D eigenvalue weighted by atomic mass is 10.1. The number of hydrogen-bond donors (Lipinski definition) is 1. The molecular weight excluding hydrogens is 297 g/mol. The minimum atomic E-state index is -4.16. The smallest absolute Gasteiger partial charge is 0.313 e. The highest BCUT2D eigenvalue weighted by atomic mass is 32.1. The summed E-state index contributed by atoms with van der Waals surface area (Å²) in [5.41, 5.74) is 1.80. The predicted octanol–water partition coefficient (Wildman–Crippen LogP) is 4.28. The molecule has 21 heavy (non-hydrogen) atoms. The Kier molecular flexibility index (Phi) is 5.36. The van der Waals surface area contributed by atoms with Gasteiger partial charge in [-0.3, -0.25) is 0 Å². The minimum Gasteiger partial charge on any atom is -0.313 e. The molecule has 0 fully saturated rings. The van der Waals surface area contributed by atoms with Gasteiger partial charge in [0.15, 0.2) is 0 Å². The Labute approximate surface area is 126 Å². The van der Waals surface area contributed by atoms with Crippen LogP contribution in [-0.2, 0) is 6.42 Å². The zero-order chi connectivity index (χ0) is 15.3.